The van der Waals surface area contributed by atoms with Crippen molar-refractivity contribution in [3.8, 4) is 11.5 Å². The predicted molar refractivity (Wildman–Crippen MR) is 108 cm³/mol. The van der Waals surface area contributed by atoms with Crippen molar-refractivity contribution < 1.29 is 24.1 Å². The highest BCUT2D eigenvalue weighted by Crippen LogP contribution is 2.43. The molecule has 1 fully saturated rings. The fourth-order valence-corrected chi connectivity index (χ4v) is 3.93. The molecule has 0 bridgehead atoms. The van der Waals surface area contributed by atoms with Crippen molar-refractivity contribution in [3.63, 3.8) is 0 Å². The molecule has 5 nitrogen and oxygen atoms in total. The van der Waals surface area contributed by atoms with Crippen molar-refractivity contribution in [1.29, 1.82) is 0 Å². The minimum absolute atomic E-state index is 0.107. The fraction of sp³-hybridized carbons (Fsp3) is 0.478. The van der Waals surface area contributed by atoms with Gasteiger partial charge in [0.05, 0.1) is 33.0 Å². The lowest BCUT2D eigenvalue weighted by molar-refractivity contribution is -0.0590. The van der Waals surface area contributed by atoms with Crippen LogP contribution in [0.15, 0.2) is 48.5 Å². The summed E-state index contributed by atoms with van der Waals surface area (Å²) in [6, 6.07) is 15.6. The summed E-state index contributed by atoms with van der Waals surface area (Å²) in [6.45, 7) is 3.28. The average molecular weight is 386 g/mol. The van der Waals surface area contributed by atoms with E-state index in [4.69, 9.17) is 18.9 Å². The van der Waals surface area contributed by atoms with Crippen LogP contribution in [0.4, 0.5) is 0 Å². The van der Waals surface area contributed by atoms with Crippen molar-refractivity contribution in [2.45, 2.75) is 44.0 Å². The van der Waals surface area contributed by atoms with Crippen LogP contribution in [-0.2, 0) is 15.1 Å². The third-order valence-electron chi connectivity index (χ3n) is 5.61. The van der Waals surface area contributed by atoms with Crippen LogP contribution in [0, 0.1) is 0 Å². The fourth-order valence-electron chi connectivity index (χ4n) is 3.93. The number of methoxy groups -OCH3 is 2. The first-order chi connectivity index (χ1) is 13.6. The molecule has 0 saturated carbocycles. The number of aliphatic hydroxyl groups is 1. The van der Waals surface area contributed by atoms with Crippen LogP contribution >= 0.6 is 0 Å². The standard InChI is InChI=1S/C23H30O5/c1-4-23(24,18-7-11-20(26-3)12-8-18)21(13-14-22-27-15-16-28-22)17-5-9-19(25-2)10-6-17/h5-12,21-22,24H,4,13-16H2,1-3H3/t21-,23-/m0/s1. The van der Waals surface area contributed by atoms with Gasteiger partial charge in [-0.3, -0.25) is 0 Å². The van der Waals surface area contributed by atoms with Gasteiger partial charge in [-0.25, -0.2) is 0 Å². The lowest BCUT2D eigenvalue weighted by Crippen LogP contribution is -2.33. The van der Waals surface area contributed by atoms with Crippen molar-refractivity contribution >= 4 is 0 Å². The molecular formula is C23H30O5. The molecule has 0 aliphatic carbocycles. The van der Waals surface area contributed by atoms with Crippen LogP contribution < -0.4 is 9.47 Å². The van der Waals surface area contributed by atoms with Crippen LogP contribution in [0.5, 0.6) is 11.5 Å². The smallest absolute Gasteiger partial charge is 0.157 e. The summed E-state index contributed by atoms with van der Waals surface area (Å²) in [5, 5.41) is 11.8. The third-order valence-corrected chi connectivity index (χ3v) is 5.61. The van der Waals surface area contributed by atoms with Crippen molar-refractivity contribution in [3.05, 3.63) is 59.7 Å². The molecule has 1 aliphatic heterocycles. The molecule has 5 heteroatoms. The zero-order chi connectivity index (χ0) is 20.0. The van der Waals surface area contributed by atoms with Crippen molar-refractivity contribution in [2.75, 3.05) is 27.4 Å². The molecule has 0 radical (unpaired) electrons. The van der Waals surface area contributed by atoms with E-state index in [9.17, 15) is 5.11 Å². The number of ether oxygens (including phenoxy) is 4. The topological polar surface area (TPSA) is 57.2 Å². The minimum atomic E-state index is -1.01. The summed E-state index contributed by atoms with van der Waals surface area (Å²) in [5.41, 5.74) is 0.934. The molecule has 28 heavy (non-hydrogen) atoms. The Bertz CT molecular complexity index is 722. The third kappa shape index (κ3) is 4.49. The Morgan fingerprint density at radius 3 is 2.00 bits per heavy atom. The predicted octanol–water partition coefficient (Wildman–Crippen LogP) is 4.24. The van der Waals surface area contributed by atoms with E-state index in [0.29, 0.717) is 19.6 Å². The highest BCUT2D eigenvalue weighted by atomic mass is 16.7. The van der Waals surface area contributed by atoms with Gasteiger partial charge in [-0.15, -0.1) is 0 Å². The molecule has 3 rings (SSSR count). The van der Waals surface area contributed by atoms with Gasteiger partial charge >= 0.3 is 0 Å². The van der Waals surface area contributed by atoms with Crippen molar-refractivity contribution in [2.24, 2.45) is 0 Å². The summed E-state index contributed by atoms with van der Waals surface area (Å²) in [6.07, 6.45) is 1.86. The zero-order valence-corrected chi connectivity index (χ0v) is 16.9. The number of hydrogen-bond donors (Lipinski definition) is 1. The SMILES string of the molecule is CC[C@](O)(c1ccc(OC)cc1)[C@@H](CCC1OCCO1)c1ccc(OC)cc1. The Hall–Kier alpha value is -2.08. The van der Waals surface area contributed by atoms with Gasteiger partial charge < -0.3 is 24.1 Å². The van der Waals surface area contributed by atoms with E-state index < -0.39 is 5.60 Å². The molecular weight excluding hydrogens is 356 g/mol. The molecule has 0 spiro atoms. The van der Waals surface area contributed by atoms with E-state index in [1.54, 1.807) is 14.2 Å². The van der Waals surface area contributed by atoms with Crippen LogP contribution in [0.25, 0.3) is 0 Å². The van der Waals surface area contributed by atoms with E-state index in [0.717, 1.165) is 35.5 Å². The van der Waals surface area contributed by atoms with Gasteiger partial charge in [-0.2, -0.15) is 0 Å². The summed E-state index contributed by atoms with van der Waals surface area (Å²) < 4.78 is 21.8. The molecule has 1 saturated heterocycles. The van der Waals surface area contributed by atoms with Gasteiger partial charge in [0.15, 0.2) is 6.29 Å². The first kappa shape index (κ1) is 20.6. The van der Waals surface area contributed by atoms with Crippen LogP contribution in [0.1, 0.15) is 43.2 Å². The van der Waals surface area contributed by atoms with Crippen LogP contribution in [0.3, 0.4) is 0 Å². The number of benzene rings is 2. The summed E-state index contributed by atoms with van der Waals surface area (Å²) in [7, 11) is 3.30. The second kappa shape index (κ2) is 9.41. The molecule has 2 aromatic carbocycles. The highest BCUT2D eigenvalue weighted by Gasteiger charge is 2.38. The first-order valence-electron chi connectivity index (χ1n) is 9.84. The number of hydrogen-bond acceptors (Lipinski definition) is 5. The lowest BCUT2D eigenvalue weighted by Gasteiger charge is -2.37. The van der Waals surface area contributed by atoms with E-state index in [1.807, 2.05) is 55.5 Å². The largest absolute Gasteiger partial charge is 0.497 e. The Labute approximate surface area is 167 Å². The Morgan fingerprint density at radius 2 is 1.50 bits per heavy atom. The van der Waals surface area contributed by atoms with E-state index in [-0.39, 0.29) is 12.2 Å². The monoisotopic (exact) mass is 386 g/mol. The van der Waals surface area contributed by atoms with Crippen LogP contribution in [0.2, 0.25) is 0 Å². The lowest BCUT2D eigenvalue weighted by atomic mass is 9.73. The molecule has 1 heterocycles. The van der Waals surface area contributed by atoms with Gasteiger partial charge in [0.25, 0.3) is 0 Å². The first-order valence-corrected chi connectivity index (χ1v) is 9.84. The maximum Gasteiger partial charge on any atom is 0.157 e. The molecule has 152 valence electrons. The van der Waals surface area contributed by atoms with Gasteiger partial charge in [0.1, 0.15) is 11.5 Å². The van der Waals surface area contributed by atoms with Gasteiger partial charge in [0, 0.05) is 5.92 Å². The maximum absolute atomic E-state index is 11.8. The van der Waals surface area contributed by atoms with Crippen molar-refractivity contribution in [1.82, 2.24) is 0 Å². The second-order valence-corrected chi connectivity index (χ2v) is 7.08. The van der Waals surface area contributed by atoms with Crippen LogP contribution in [-0.4, -0.2) is 38.8 Å². The molecule has 1 aliphatic rings. The molecule has 0 amide bonds. The van der Waals surface area contributed by atoms with E-state index in [1.165, 1.54) is 0 Å². The molecule has 1 N–H and O–H groups in total. The minimum Gasteiger partial charge on any atom is -0.497 e. The second-order valence-electron chi connectivity index (χ2n) is 7.08. The summed E-state index contributed by atoms with van der Waals surface area (Å²) >= 11 is 0. The van der Waals surface area contributed by atoms with Gasteiger partial charge in [0.2, 0.25) is 0 Å². The Morgan fingerprint density at radius 1 is 0.964 bits per heavy atom. The Kier molecular flexibility index (Phi) is 6.94. The Balaban J connectivity index is 1.92. The molecule has 2 atom stereocenters. The van der Waals surface area contributed by atoms with E-state index in [2.05, 4.69) is 0 Å². The van der Waals surface area contributed by atoms with Gasteiger partial charge in [-0.05, 0) is 54.7 Å². The van der Waals surface area contributed by atoms with Gasteiger partial charge in [-0.1, -0.05) is 31.2 Å². The summed E-state index contributed by atoms with van der Waals surface area (Å²) in [4.78, 5) is 0. The number of rotatable bonds is 9. The normalized spacial score (nSPS) is 17.9. The molecule has 0 aromatic heterocycles. The summed E-state index contributed by atoms with van der Waals surface area (Å²) in [5.74, 6) is 1.47. The molecule has 2 aromatic rings. The molecule has 0 unspecified atom stereocenters. The van der Waals surface area contributed by atoms with E-state index >= 15 is 0 Å². The average Bonchev–Trinajstić information content (AvgIpc) is 3.27. The maximum atomic E-state index is 11.8. The highest BCUT2D eigenvalue weighted by molar-refractivity contribution is 5.37. The zero-order valence-electron chi connectivity index (χ0n) is 16.9. The quantitative estimate of drug-likeness (QED) is 0.699.